The molecule has 0 heterocycles. The Morgan fingerprint density at radius 3 is 1.57 bits per heavy atom. The Morgan fingerprint density at radius 1 is 0.733 bits per heavy atom. The van der Waals surface area contributed by atoms with E-state index < -0.39 is 48.5 Å². The molecule has 0 saturated heterocycles. The molecule has 0 aliphatic heterocycles. The van der Waals surface area contributed by atoms with Crippen molar-refractivity contribution in [2.24, 2.45) is 0 Å². The van der Waals surface area contributed by atoms with Crippen LogP contribution in [0.3, 0.4) is 0 Å². The standard InChI is InChI=1S/C14H18F12O4/c1-4-5-6-28-7(2)29-8(3)30-12(21,14(25,26)27)10(17,18)9(15,16)11(19,20)13(22,23)24/h7-8,27H,4-6H2,1-3H3. The highest BCUT2D eigenvalue weighted by atomic mass is 19.4. The minimum Gasteiger partial charge on any atom is -0.353 e. The number of ether oxygens (including phenoxy) is 3. The fourth-order valence-corrected chi connectivity index (χ4v) is 1.87. The van der Waals surface area contributed by atoms with Gasteiger partial charge in [0.15, 0.2) is 12.6 Å². The number of hydrogen-bond acceptors (Lipinski definition) is 4. The third-order valence-electron chi connectivity index (χ3n) is 3.50. The Bertz CT molecular complexity index is 548. The first kappa shape index (κ1) is 29.0. The molecule has 1 N–H and O–H groups in total. The highest BCUT2D eigenvalue weighted by Crippen LogP contribution is 2.59. The fraction of sp³-hybridized carbons (Fsp3) is 1.00. The first-order chi connectivity index (χ1) is 13.1. The van der Waals surface area contributed by atoms with Crippen LogP contribution >= 0.6 is 0 Å². The smallest absolute Gasteiger partial charge is 0.353 e. The van der Waals surface area contributed by atoms with Crippen molar-refractivity contribution >= 4 is 0 Å². The summed E-state index contributed by atoms with van der Waals surface area (Å²) in [7, 11) is 0. The van der Waals surface area contributed by atoms with Crippen LogP contribution in [0.1, 0.15) is 33.6 Å². The normalized spacial score (nSPS) is 18.8. The van der Waals surface area contributed by atoms with Gasteiger partial charge in [0.25, 0.3) is 0 Å². The van der Waals surface area contributed by atoms with Crippen molar-refractivity contribution in [2.75, 3.05) is 6.61 Å². The van der Waals surface area contributed by atoms with Gasteiger partial charge in [-0.05, 0) is 20.3 Å². The Morgan fingerprint density at radius 2 is 1.20 bits per heavy atom. The number of rotatable bonds is 12. The average molecular weight is 478 g/mol. The summed E-state index contributed by atoms with van der Waals surface area (Å²) in [5.74, 6) is -29.9. The van der Waals surface area contributed by atoms with Crippen molar-refractivity contribution in [1.29, 1.82) is 0 Å². The summed E-state index contributed by atoms with van der Waals surface area (Å²) in [6.07, 6.45) is -17.4. The van der Waals surface area contributed by atoms with E-state index in [0.29, 0.717) is 19.8 Å². The molecular weight excluding hydrogens is 460 g/mol. The average Bonchev–Trinajstić information content (AvgIpc) is 2.52. The highest BCUT2D eigenvalue weighted by molar-refractivity contribution is 5.08. The van der Waals surface area contributed by atoms with Gasteiger partial charge < -0.3 is 19.3 Å². The fourth-order valence-electron chi connectivity index (χ4n) is 1.87. The quantitative estimate of drug-likeness (QED) is 0.237. The summed E-state index contributed by atoms with van der Waals surface area (Å²) in [6, 6.07) is 0. The zero-order chi connectivity index (χ0) is 24.4. The molecule has 0 amide bonds. The molecule has 3 unspecified atom stereocenters. The Labute approximate surface area is 162 Å². The van der Waals surface area contributed by atoms with E-state index in [1.54, 1.807) is 6.92 Å². The van der Waals surface area contributed by atoms with E-state index in [2.05, 4.69) is 9.47 Å². The zero-order valence-corrected chi connectivity index (χ0v) is 15.5. The van der Waals surface area contributed by atoms with E-state index in [9.17, 15) is 52.7 Å². The molecule has 16 heteroatoms. The van der Waals surface area contributed by atoms with Gasteiger partial charge >= 0.3 is 35.9 Å². The minimum absolute atomic E-state index is 0.0622. The van der Waals surface area contributed by atoms with E-state index in [0.717, 1.165) is 6.92 Å². The van der Waals surface area contributed by atoms with Crippen LogP contribution in [-0.2, 0) is 14.2 Å². The molecule has 0 saturated carbocycles. The number of alkyl halides is 12. The van der Waals surface area contributed by atoms with E-state index in [1.807, 2.05) is 0 Å². The predicted molar refractivity (Wildman–Crippen MR) is 73.9 cm³/mol. The van der Waals surface area contributed by atoms with E-state index in [1.165, 1.54) is 0 Å². The van der Waals surface area contributed by atoms with Crippen LogP contribution in [-0.4, -0.2) is 60.2 Å². The van der Waals surface area contributed by atoms with Gasteiger partial charge in [-0.1, -0.05) is 13.3 Å². The summed E-state index contributed by atoms with van der Waals surface area (Å²) in [5, 5.41) is 8.30. The maximum Gasteiger partial charge on any atom is 0.460 e. The number of aliphatic hydroxyl groups is 1. The van der Waals surface area contributed by atoms with Crippen LogP contribution in [0.25, 0.3) is 0 Å². The van der Waals surface area contributed by atoms with Crippen LogP contribution in [0.4, 0.5) is 52.7 Å². The molecule has 0 aromatic rings. The van der Waals surface area contributed by atoms with Gasteiger partial charge in [0.2, 0.25) is 0 Å². The Hall–Kier alpha value is -1.00. The van der Waals surface area contributed by atoms with Crippen molar-refractivity contribution in [2.45, 2.75) is 82.1 Å². The summed E-state index contributed by atoms with van der Waals surface area (Å²) in [5.41, 5.74) is 0. The maximum absolute atomic E-state index is 14.2. The maximum atomic E-state index is 14.2. The van der Waals surface area contributed by atoms with Gasteiger partial charge in [-0.3, -0.25) is 0 Å². The first-order valence-corrected chi connectivity index (χ1v) is 8.04. The topological polar surface area (TPSA) is 47.9 Å². The molecule has 4 nitrogen and oxygen atoms in total. The number of halogens is 12. The zero-order valence-electron chi connectivity index (χ0n) is 15.5. The molecule has 0 aromatic carbocycles. The monoisotopic (exact) mass is 478 g/mol. The lowest BCUT2D eigenvalue weighted by Gasteiger charge is -2.42. The largest absolute Gasteiger partial charge is 0.460 e. The molecule has 0 fully saturated rings. The van der Waals surface area contributed by atoms with Gasteiger partial charge in [0.05, 0.1) is 0 Å². The van der Waals surface area contributed by atoms with Crippen molar-refractivity contribution in [3.05, 3.63) is 0 Å². The molecular formula is C14H18F12O4. The molecule has 0 aliphatic carbocycles. The SMILES string of the molecule is CCCCOC(C)OC(C)OC(F)(C(O)(F)F)C(F)(F)C(F)(F)C(F)(F)C(F)(F)F. The molecule has 0 rings (SSSR count). The Balaban J connectivity index is 5.97. The first-order valence-electron chi connectivity index (χ1n) is 8.04. The molecule has 0 bridgehead atoms. The van der Waals surface area contributed by atoms with Crippen LogP contribution < -0.4 is 0 Å². The summed E-state index contributed by atoms with van der Waals surface area (Å²) >= 11 is 0. The van der Waals surface area contributed by atoms with Crippen LogP contribution in [0.2, 0.25) is 0 Å². The van der Waals surface area contributed by atoms with Crippen molar-refractivity contribution in [1.82, 2.24) is 0 Å². The van der Waals surface area contributed by atoms with E-state index in [-0.39, 0.29) is 6.61 Å². The predicted octanol–water partition coefficient (Wildman–Crippen LogP) is 5.25. The molecule has 0 aromatic heterocycles. The summed E-state index contributed by atoms with van der Waals surface area (Å²) in [4.78, 5) is 0. The number of unbranched alkanes of at least 4 members (excludes halogenated alkanes) is 1. The van der Waals surface area contributed by atoms with Crippen molar-refractivity contribution in [3.8, 4) is 0 Å². The highest BCUT2D eigenvalue weighted by Gasteiger charge is 2.91. The van der Waals surface area contributed by atoms with Crippen LogP contribution in [0, 0.1) is 0 Å². The van der Waals surface area contributed by atoms with Crippen molar-refractivity contribution < 1.29 is 72.0 Å². The molecule has 0 aliphatic rings. The van der Waals surface area contributed by atoms with E-state index >= 15 is 0 Å². The summed E-state index contributed by atoms with van der Waals surface area (Å²) < 4.78 is 169. The lowest BCUT2D eigenvalue weighted by molar-refractivity contribution is -0.498. The molecule has 0 spiro atoms. The van der Waals surface area contributed by atoms with Gasteiger partial charge in [-0.25, -0.2) is 0 Å². The molecule has 3 atom stereocenters. The second kappa shape index (κ2) is 9.24. The van der Waals surface area contributed by atoms with Gasteiger partial charge in [-0.2, -0.15) is 52.7 Å². The third kappa shape index (κ3) is 5.43. The molecule has 30 heavy (non-hydrogen) atoms. The lowest BCUT2D eigenvalue weighted by Crippen LogP contribution is -2.72. The second-order valence-corrected chi connectivity index (χ2v) is 5.97. The lowest BCUT2D eigenvalue weighted by atomic mass is 9.96. The Kier molecular flexibility index (Phi) is 8.93. The van der Waals surface area contributed by atoms with Gasteiger partial charge in [0.1, 0.15) is 0 Å². The van der Waals surface area contributed by atoms with Gasteiger partial charge in [-0.15, -0.1) is 0 Å². The molecule has 182 valence electrons. The molecule has 0 radical (unpaired) electrons. The second-order valence-electron chi connectivity index (χ2n) is 5.97. The summed E-state index contributed by atoms with van der Waals surface area (Å²) in [6.45, 7) is 2.96. The third-order valence-corrected chi connectivity index (χ3v) is 3.50. The van der Waals surface area contributed by atoms with Crippen LogP contribution in [0.5, 0.6) is 0 Å². The van der Waals surface area contributed by atoms with Gasteiger partial charge in [0, 0.05) is 6.61 Å². The van der Waals surface area contributed by atoms with Crippen molar-refractivity contribution in [3.63, 3.8) is 0 Å². The van der Waals surface area contributed by atoms with Crippen LogP contribution in [0.15, 0.2) is 0 Å². The number of hydrogen-bond donors (Lipinski definition) is 1. The van der Waals surface area contributed by atoms with E-state index in [4.69, 9.17) is 9.84 Å². The minimum atomic E-state index is -7.83.